The Hall–Kier alpha value is -3.35. The van der Waals surface area contributed by atoms with Gasteiger partial charge in [0.15, 0.2) is 0 Å². The van der Waals surface area contributed by atoms with Gasteiger partial charge in [-0.2, -0.15) is 0 Å². The molecule has 1 aliphatic heterocycles. The van der Waals surface area contributed by atoms with Gasteiger partial charge in [0.25, 0.3) is 5.91 Å². The van der Waals surface area contributed by atoms with Crippen molar-refractivity contribution >= 4 is 29.5 Å². The molecule has 3 unspecified atom stereocenters. The fourth-order valence-electron chi connectivity index (χ4n) is 4.90. The van der Waals surface area contributed by atoms with Gasteiger partial charge in [-0.1, -0.05) is 31.8 Å². The Bertz CT molecular complexity index is 859. The van der Waals surface area contributed by atoms with Crippen LogP contribution in [0.3, 0.4) is 0 Å². The maximum Gasteiger partial charge on any atom is 0.315 e. The molecule has 2 fully saturated rings. The Labute approximate surface area is 213 Å². The Morgan fingerprint density at radius 2 is 1.75 bits per heavy atom. The van der Waals surface area contributed by atoms with Crippen LogP contribution in [0.4, 0.5) is 4.79 Å². The fraction of sp³-hybridized carbons (Fsp3) is 0.654. The number of carbonyl (C=O) groups excluding carboxylic acids is 5. The minimum absolute atomic E-state index is 0.0138. The third-order valence-corrected chi connectivity index (χ3v) is 6.83. The molecule has 5 amide bonds. The predicted octanol–water partition coefficient (Wildman–Crippen LogP) is 1.01. The van der Waals surface area contributed by atoms with E-state index < -0.39 is 41.8 Å². The molecule has 2 rings (SSSR count). The van der Waals surface area contributed by atoms with Gasteiger partial charge in [-0.25, -0.2) is 4.79 Å². The summed E-state index contributed by atoms with van der Waals surface area (Å²) < 4.78 is 0. The number of rotatable bonds is 11. The largest absolute Gasteiger partial charge is 0.346 e. The zero-order chi connectivity index (χ0) is 26.5. The lowest BCUT2D eigenvalue weighted by atomic mass is 9.90. The van der Waals surface area contributed by atoms with E-state index in [9.17, 15) is 24.0 Å². The summed E-state index contributed by atoms with van der Waals surface area (Å²) >= 11 is 0. The third-order valence-electron chi connectivity index (χ3n) is 6.83. The first-order chi connectivity index (χ1) is 17.3. The van der Waals surface area contributed by atoms with Gasteiger partial charge in [0.1, 0.15) is 12.1 Å². The molecule has 198 valence electrons. The Kier molecular flexibility index (Phi) is 12.0. The van der Waals surface area contributed by atoms with Crippen LogP contribution in [0.2, 0.25) is 0 Å². The highest BCUT2D eigenvalue weighted by Gasteiger charge is 2.41. The summed E-state index contributed by atoms with van der Waals surface area (Å²) in [5.74, 6) is -0.0219. The molecule has 0 aromatic rings. The number of carbonyl (C=O) groups is 5. The molecule has 0 aromatic heterocycles. The number of likely N-dealkylation sites (tertiary alicyclic amines) is 1. The van der Waals surface area contributed by atoms with Crippen LogP contribution >= 0.6 is 0 Å². The van der Waals surface area contributed by atoms with Crippen molar-refractivity contribution in [3.05, 3.63) is 12.7 Å². The summed E-state index contributed by atoms with van der Waals surface area (Å²) in [6.07, 6.45) is 13.9. The molecule has 0 bridgehead atoms. The molecule has 36 heavy (non-hydrogen) atoms. The smallest absolute Gasteiger partial charge is 0.315 e. The lowest BCUT2D eigenvalue weighted by Crippen LogP contribution is -2.58. The maximum absolute atomic E-state index is 13.7. The Morgan fingerprint density at radius 1 is 1.06 bits per heavy atom. The highest BCUT2D eigenvalue weighted by atomic mass is 16.2. The van der Waals surface area contributed by atoms with Crippen LogP contribution < -0.4 is 21.3 Å². The number of amides is 5. The van der Waals surface area contributed by atoms with Crippen molar-refractivity contribution in [2.45, 2.75) is 82.3 Å². The van der Waals surface area contributed by atoms with E-state index >= 15 is 0 Å². The molecule has 0 spiro atoms. The second-order valence-corrected chi connectivity index (χ2v) is 9.31. The van der Waals surface area contributed by atoms with Gasteiger partial charge in [0.05, 0.1) is 6.04 Å². The van der Waals surface area contributed by atoms with E-state index in [0.29, 0.717) is 19.4 Å². The molecular weight excluding hydrogens is 462 g/mol. The number of hydrogen-bond donors (Lipinski definition) is 4. The lowest BCUT2D eigenvalue weighted by Gasteiger charge is -2.33. The van der Waals surface area contributed by atoms with Crippen LogP contribution in [0.5, 0.6) is 0 Å². The van der Waals surface area contributed by atoms with Crippen molar-refractivity contribution in [3.8, 4) is 12.3 Å². The first-order valence-corrected chi connectivity index (χ1v) is 12.8. The lowest BCUT2D eigenvalue weighted by molar-refractivity contribution is -0.143. The highest BCUT2D eigenvalue weighted by Crippen LogP contribution is 2.28. The molecular formula is C26H39N5O5. The molecule has 1 saturated heterocycles. The Morgan fingerprint density at radius 3 is 2.36 bits per heavy atom. The minimum atomic E-state index is -1.10. The number of nitrogens with zero attached hydrogens (tertiary/aromatic N) is 1. The number of nitrogens with one attached hydrogen (secondary N) is 4. The number of Topliss-reactive ketones (excluding diaryl/α,β-unsaturated/α-hetero) is 1. The van der Waals surface area contributed by atoms with Crippen molar-refractivity contribution in [1.82, 2.24) is 26.2 Å². The molecule has 10 nitrogen and oxygen atoms in total. The molecule has 3 atom stereocenters. The van der Waals surface area contributed by atoms with E-state index in [0.717, 1.165) is 38.5 Å². The molecule has 10 heteroatoms. The second kappa shape index (κ2) is 14.9. The van der Waals surface area contributed by atoms with Gasteiger partial charge in [0.2, 0.25) is 17.6 Å². The quantitative estimate of drug-likeness (QED) is 0.145. The zero-order valence-corrected chi connectivity index (χ0v) is 21.1. The van der Waals surface area contributed by atoms with E-state index in [4.69, 9.17) is 6.42 Å². The summed E-state index contributed by atoms with van der Waals surface area (Å²) in [4.78, 5) is 65.4. The van der Waals surface area contributed by atoms with E-state index in [1.807, 2.05) is 0 Å². The van der Waals surface area contributed by atoms with Gasteiger partial charge >= 0.3 is 6.03 Å². The first kappa shape index (κ1) is 28.9. The molecule has 0 radical (unpaired) electrons. The molecule has 1 heterocycles. The van der Waals surface area contributed by atoms with E-state index in [1.165, 1.54) is 18.0 Å². The van der Waals surface area contributed by atoms with Crippen molar-refractivity contribution in [2.24, 2.45) is 5.92 Å². The molecule has 0 aromatic carbocycles. The Balaban J connectivity index is 2.17. The van der Waals surface area contributed by atoms with Crippen LogP contribution in [-0.4, -0.2) is 72.7 Å². The maximum atomic E-state index is 13.7. The predicted molar refractivity (Wildman–Crippen MR) is 136 cm³/mol. The molecule has 4 N–H and O–H groups in total. The number of hydrogen-bond acceptors (Lipinski definition) is 5. The van der Waals surface area contributed by atoms with Crippen molar-refractivity contribution < 1.29 is 24.0 Å². The standard InChI is InChI=1S/C26H39N5O5/c1-4-6-14-19(22(32)24(34)28-16-5-2)29-23(33)20-15-11-17-31(20)25(35)21(30-26(36)27-3)18-12-9-7-8-10-13-18/h1,5,18-21H,2,6-17H2,3H3,(H,28,34)(H,29,33)(H2,27,30,36). The average Bonchev–Trinajstić information content (AvgIpc) is 3.23. The van der Waals surface area contributed by atoms with Crippen molar-refractivity contribution in [2.75, 3.05) is 20.1 Å². The highest BCUT2D eigenvalue weighted by molar-refractivity contribution is 6.38. The topological polar surface area (TPSA) is 137 Å². The zero-order valence-electron chi connectivity index (χ0n) is 21.1. The summed E-state index contributed by atoms with van der Waals surface area (Å²) in [5, 5.41) is 10.4. The molecule has 1 aliphatic carbocycles. The average molecular weight is 502 g/mol. The number of terminal acetylenes is 1. The van der Waals surface area contributed by atoms with Gasteiger partial charge in [0, 0.05) is 26.6 Å². The van der Waals surface area contributed by atoms with Crippen molar-refractivity contribution in [3.63, 3.8) is 0 Å². The van der Waals surface area contributed by atoms with E-state index in [2.05, 4.69) is 33.8 Å². The number of urea groups is 1. The number of ketones is 1. The van der Waals surface area contributed by atoms with E-state index in [1.54, 1.807) is 0 Å². The van der Waals surface area contributed by atoms with Crippen LogP contribution in [0.15, 0.2) is 12.7 Å². The monoisotopic (exact) mass is 501 g/mol. The normalized spacial score (nSPS) is 19.7. The van der Waals surface area contributed by atoms with Gasteiger partial charge in [-0.05, 0) is 38.0 Å². The van der Waals surface area contributed by atoms with E-state index in [-0.39, 0.29) is 31.2 Å². The fourth-order valence-corrected chi connectivity index (χ4v) is 4.90. The summed E-state index contributed by atoms with van der Waals surface area (Å²) in [6, 6.07) is -3.07. The second-order valence-electron chi connectivity index (χ2n) is 9.31. The van der Waals surface area contributed by atoms with Gasteiger partial charge in [-0.3, -0.25) is 19.2 Å². The molecule has 1 saturated carbocycles. The first-order valence-electron chi connectivity index (χ1n) is 12.8. The van der Waals surface area contributed by atoms with Crippen LogP contribution in [0.1, 0.15) is 64.2 Å². The minimum Gasteiger partial charge on any atom is -0.346 e. The van der Waals surface area contributed by atoms with Gasteiger partial charge < -0.3 is 26.2 Å². The van der Waals surface area contributed by atoms with Crippen LogP contribution in [0, 0.1) is 18.3 Å². The summed E-state index contributed by atoms with van der Waals surface area (Å²) in [6.45, 7) is 3.99. The summed E-state index contributed by atoms with van der Waals surface area (Å²) in [7, 11) is 1.49. The third kappa shape index (κ3) is 8.11. The van der Waals surface area contributed by atoms with Crippen LogP contribution in [-0.2, 0) is 19.2 Å². The SMILES string of the molecule is C#CCCC(NC(=O)C1CCCN1C(=O)C(NC(=O)NC)C1CCCCCC1)C(=O)C(=O)NCC=C. The molecule has 2 aliphatic rings. The van der Waals surface area contributed by atoms with Crippen molar-refractivity contribution in [1.29, 1.82) is 0 Å². The van der Waals surface area contributed by atoms with Crippen LogP contribution in [0.25, 0.3) is 0 Å². The van der Waals surface area contributed by atoms with Gasteiger partial charge in [-0.15, -0.1) is 18.9 Å². The summed E-state index contributed by atoms with van der Waals surface area (Å²) in [5.41, 5.74) is 0.